The second-order valence-electron chi connectivity index (χ2n) is 4.33. The normalized spacial score (nSPS) is 10.6. The first kappa shape index (κ1) is 12.7. The molecule has 0 saturated heterocycles. The van der Waals surface area contributed by atoms with Crippen LogP contribution in [-0.2, 0) is 6.54 Å². The third kappa shape index (κ3) is 2.93. The van der Waals surface area contributed by atoms with Crippen LogP contribution in [0.25, 0.3) is 11.1 Å². The molecule has 0 aliphatic carbocycles. The van der Waals surface area contributed by atoms with Gasteiger partial charge in [0.25, 0.3) is 0 Å². The van der Waals surface area contributed by atoms with E-state index < -0.39 is 0 Å². The minimum absolute atomic E-state index is 0.202. The van der Waals surface area contributed by atoms with Gasteiger partial charge >= 0.3 is 0 Å². The lowest BCUT2D eigenvalue weighted by Gasteiger charge is -2.10. The fourth-order valence-corrected chi connectivity index (χ4v) is 1.95. The predicted octanol–water partition coefficient (Wildman–Crippen LogP) is 3.31. The molecule has 0 saturated carbocycles. The molecule has 1 aromatic heterocycles. The van der Waals surface area contributed by atoms with Gasteiger partial charge in [0.1, 0.15) is 5.82 Å². The number of aromatic nitrogens is 1. The van der Waals surface area contributed by atoms with Crippen molar-refractivity contribution in [3.05, 3.63) is 53.6 Å². The van der Waals surface area contributed by atoms with E-state index in [0.29, 0.717) is 6.54 Å². The summed E-state index contributed by atoms with van der Waals surface area (Å²) in [5.41, 5.74) is 4.13. The highest BCUT2D eigenvalue weighted by molar-refractivity contribution is 5.67. The summed E-state index contributed by atoms with van der Waals surface area (Å²) in [6.45, 7) is 5.57. The van der Waals surface area contributed by atoms with Crippen molar-refractivity contribution in [2.75, 3.05) is 6.54 Å². The molecule has 0 aliphatic heterocycles. The first-order valence-electron chi connectivity index (χ1n) is 6.12. The summed E-state index contributed by atoms with van der Waals surface area (Å²) in [5.74, 6) is -0.202. The van der Waals surface area contributed by atoms with Gasteiger partial charge in [-0.3, -0.25) is 4.98 Å². The van der Waals surface area contributed by atoms with Crippen molar-refractivity contribution in [3.8, 4) is 11.1 Å². The molecular weight excluding hydrogens is 227 g/mol. The molecule has 0 spiro atoms. The maximum atomic E-state index is 13.3. The van der Waals surface area contributed by atoms with E-state index in [2.05, 4.69) is 16.4 Å². The fraction of sp³-hybridized carbons (Fsp3) is 0.267. The largest absolute Gasteiger partial charge is 0.313 e. The summed E-state index contributed by atoms with van der Waals surface area (Å²) < 4.78 is 13.3. The molecule has 0 amide bonds. The van der Waals surface area contributed by atoms with Crippen LogP contribution in [0.15, 0.2) is 36.7 Å². The molecule has 2 aromatic rings. The Hall–Kier alpha value is -1.74. The van der Waals surface area contributed by atoms with Gasteiger partial charge < -0.3 is 5.32 Å². The standard InChI is InChI=1S/C15H17FN2/c1-3-17-9-13-7-14(16)4-5-15(13)12-6-11(2)8-18-10-12/h4-8,10,17H,3,9H2,1-2H3. The molecule has 3 heteroatoms. The van der Waals surface area contributed by atoms with Crippen LogP contribution in [0.1, 0.15) is 18.1 Å². The number of aryl methyl sites for hydroxylation is 1. The number of pyridine rings is 1. The van der Waals surface area contributed by atoms with Crippen LogP contribution >= 0.6 is 0 Å². The number of nitrogens with zero attached hydrogens (tertiary/aromatic N) is 1. The SMILES string of the molecule is CCNCc1cc(F)ccc1-c1cncc(C)c1. The Morgan fingerprint density at radius 1 is 1.22 bits per heavy atom. The average molecular weight is 244 g/mol. The highest BCUT2D eigenvalue weighted by Gasteiger charge is 2.07. The maximum Gasteiger partial charge on any atom is 0.123 e. The molecular formula is C15H17FN2. The van der Waals surface area contributed by atoms with Crippen molar-refractivity contribution in [2.24, 2.45) is 0 Å². The highest BCUT2D eigenvalue weighted by atomic mass is 19.1. The van der Waals surface area contributed by atoms with E-state index in [1.807, 2.05) is 32.3 Å². The Morgan fingerprint density at radius 2 is 2.06 bits per heavy atom. The van der Waals surface area contributed by atoms with Gasteiger partial charge in [0.05, 0.1) is 0 Å². The molecule has 1 aromatic carbocycles. The van der Waals surface area contributed by atoms with E-state index in [-0.39, 0.29) is 5.82 Å². The molecule has 0 atom stereocenters. The van der Waals surface area contributed by atoms with Gasteiger partial charge in [0, 0.05) is 24.5 Å². The summed E-state index contributed by atoms with van der Waals surface area (Å²) in [6.07, 6.45) is 3.63. The number of hydrogen-bond acceptors (Lipinski definition) is 2. The summed E-state index contributed by atoms with van der Waals surface area (Å²) in [6, 6.07) is 6.96. The Balaban J connectivity index is 2.42. The van der Waals surface area contributed by atoms with Crippen LogP contribution in [0.3, 0.4) is 0 Å². The van der Waals surface area contributed by atoms with Crippen LogP contribution in [0, 0.1) is 12.7 Å². The zero-order valence-electron chi connectivity index (χ0n) is 10.7. The first-order valence-corrected chi connectivity index (χ1v) is 6.12. The highest BCUT2D eigenvalue weighted by Crippen LogP contribution is 2.24. The zero-order chi connectivity index (χ0) is 13.0. The second-order valence-corrected chi connectivity index (χ2v) is 4.33. The van der Waals surface area contributed by atoms with Crippen LogP contribution < -0.4 is 5.32 Å². The van der Waals surface area contributed by atoms with Crippen LogP contribution in [-0.4, -0.2) is 11.5 Å². The number of rotatable bonds is 4. The Kier molecular flexibility index (Phi) is 4.05. The lowest BCUT2D eigenvalue weighted by Crippen LogP contribution is -2.12. The van der Waals surface area contributed by atoms with Gasteiger partial charge in [-0.05, 0) is 48.4 Å². The monoisotopic (exact) mass is 244 g/mol. The van der Waals surface area contributed by atoms with Gasteiger partial charge in [0.15, 0.2) is 0 Å². The number of hydrogen-bond donors (Lipinski definition) is 1. The molecule has 0 fully saturated rings. The van der Waals surface area contributed by atoms with Gasteiger partial charge in [-0.15, -0.1) is 0 Å². The predicted molar refractivity (Wildman–Crippen MR) is 71.7 cm³/mol. The summed E-state index contributed by atoms with van der Waals surface area (Å²) >= 11 is 0. The molecule has 94 valence electrons. The van der Waals surface area contributed by atoms with Crippen molar-refractivity contribution in [1.29, 1.82) is 0 Å². The van der Waals surface area contributed by atoms with E-state index in [4.69, 9.17) is 0 Å². The van der Waals surface area contributed by atoms with Crippen molar-refractivity contribution in [2.45, 2.75) is 20.4 Å². The molecule has 1 N–H and O–H groups in total. The molecule has 18 heavy (non-hydrogen) atoms. The number of halogens is 1. The van der Waals surface area contributed by atoms with Crippen molar-refractivity contribution in [1.82, 2.24) is 10.3 Å². The third-order valence-electron chi connectivity index (χ3n) is 2.82. The lowest BCUT2D eigenvalue weighted by atomic mass is 10.00. The van der Waals surface area contributed by atoms with Crippen molar-refractivity contribution < 1.29 is 4.39 Å². The molecule has 2 rings (SSSR count). The minimum atomic E-state index is -0.202. The summed E-state index contributed by atoms with van der Waals surface area (Å²) in [5, 5.41) is 3.23. The fourth-order valence-electron chi connectivity index (χ4n) is 1.95. The first-order chi connectivity index (χ1) is 8.70. The van der Waals surface area contributed by atoms with Crippen molar-refractivity contribution in [3.63, 3.8) is 0 Å². The lowest BCUT2D eigenvalue weighted by molar-refractivity contribution is 0.622. The molecule has 0 bridgehead atoms. The van der Waals surface area contributed by atoms with Crippen LogP contribution in [0.5, 0.6) is 0 Å². The Bertz CT molecular complexity index is 538. The second kappa shape index (κ2) is 5.74. The summed E-state index contributed by atoms with van der Waals surface area (Å²) in [4.78, 5) is 4.19. The maximum absolute atomic E-state index is 13.3. The Morgan fingerprint density at radius 3 is 2.78 bits per heavy atom. The molecule has 1 heterocycles. The van der Waals surface area contributed by atoms with Gasteiger partial charge in [-0.1, -0.05) is 13.0 Å². The van der Waals surface area contributed by atoms with Gasteiger partial charge in [-0.25, -0.2) is 4.39 Å². The minimum Gasteiger partial charge on any atom is -0.313 e. The average Bonchev–Trinajstić information content (AvgIpc) is 2.36. The van der Waals surface area contributed by atoms with Gasteiger partial charge in [0.2, 0.25) is 0 Å². The zero-order valence-corrected chi connectivity index (χ0v) is 10.7. The van der Waals surface area contributed by atoms with E-state index in [1.165, 1.54) is 6.07 Å². The smallest absolute Gasteiger partial charge is 0.123 e. The molecule has 0 unspecified atom stereocenters. The number of benzene rings is 1. The van der Waals surface area contributed by atoms with Crippen LogP contribution in [0.4, 0.5) is 4.39 Å². The molecule has 2 nitrogen and oxygen atoms in total. The third-order valence-corrected chi connectivity index (χ3v) is 2.82. The van der Waals surface area contributed by atoms with E-state index >= 15 is 0 Å². The molecule has 0 aliphatic rings. The Labute approximate surface area is 107 Å². The van der Waals surface area contributed by atoms with Gasteiger partial charge in [-0.2, -0.15) is 0 Å². The van der Waals surface area contributed by atoms with E-state index in [0.717, 1.165) is 28.8 Å². The van der Waals surface area contributed by atoms with E-state index in [1.54, 1.807) is 6.07 Å². The van der Waals surface area contributed by atoms with Crippen LogP contribution in [0.2, 0.25) is 0 Å². The number of nitrogens with one attached hydrogen (secondary N) is 1. The van der Waals surface area contributed by atoms with Crippen molar-refractivity contribution >= 4 is 0 Å². The summed E-state index contributed by atoms with van der Waals surface area (Å²) in [7, 11) is 0. The molecule has 0 radical (unpaired) electrons. The topological polar surface area (TPSA) is 24.9 Å². The quantitative estimate of drug-likeness (QED) is 0.892. The van der Waals surface area contributed by atoms with E-state index in [9.17, 15) is 4.39 Å².